The molecule has 1 aromatic heterocycles. The van der Waals surface area contributed by atoms with Crippen LogP contribution in [0.25, 0.3) is 0 Å². The van der Waals surface area contributed by atoms with Gasteiger partial charge in [-0.25, -0.2) is 0 Å². The Kier molecular flexibility index (Phi) is 3.69. The number of rotatable bonds is 3. The van der Waals surface area contributed by atoms with E-state index in [1.807, 2.05) is 43.3 Å². The molecule has 86 valence electrons. The molecular formula is C14H12BrNO. The number of nitrogens with zero attached hydrogens (tertiary/aromatic N) is 1. The third-order valence-corrected chi connectivity index (χ3v) is 3.51. The Balaban J connectivity index is 2.23. The van der Waals surface area contributed by atoms with E-state index in [9.17, 15) is 4.79 Å². The highest BCUT2D eigenvalue weighted by Gasteiger charge is 2.18. The van der Waals surface area contributed by atoms with E-state index in [-0.39, 0.29) is 10.6 Å². The van der Waals surface area contributed by atoms with Crippen LogP contribution >= 0.6 is 15.9 Å². The lowest BCUT2D eigenvalue weighted by Crippen LogP contribution is -2.07. The Labute approximate surface area is 109 Å². The molecule has 1 heterocycles. The Hall–Kier alpha value is -1.48. The second-order valence-electron chi connectivity index (χ2n) is 3.87. The van der Waals surface area contributed by atoms with E-state index in [0.717, 1.165) is 11.1 Å². The number of ketones is 1. The van der Waals surface area contributed by atoms with Crippen molar-refractivity contribution >= 4 is 21.7 Å². The van der Waals surface area contributed by atoms with Crippen molar-refractivity contribution in [2.75, 3.05) is 0 Å². The van der Waals surface area contributed by atoms with Crippen LogP contribution in [-0.2, 0) is 0 Å². The highest BCUT2D eigenvalue weighted by atomic mass is 79.9. The van der Waals surface area contributed by atoms with Gasteiger partial charge in [-0.05, 0) is 24.6 Å². The lowest BCUT2D eigenvalue weighted by Gasteiger charge is -2.09. The molecule has 2 aromatic rings. The van der Waals surface area contributed by atoms with Crippen LogP contribution in [0.5, 0.6) is 0 Å². The standard InChI is InChI=1S/C14H12BrNO/c1-10-2-4-12(5-3-10)14(17)13(15)11-6-8-16-9-7-11/h2-9,13H,1H3/t13-/m1/s1. The Morgan fingerprint density at radius 1 is 1.12 bits per heavy atom. The first-order valence-corrected chi connectivity index (χ1v) is 6.25. The minimum Gasteiger partial charge on any atom is -0.293 e. The number of aryl methyl sites for hydroxylation is 1. The van der Waals surface area contributed by atoms with Crippen molar-refractivity contribution in [1.82, 2.24) is 4.98 Å². The summed E-state index contributed by atoms with van der Waals surface area (Å²) in [6.45, 7) is 2.00. The Bertz CT molecular complexity index is 508. The number of carbonyl (C=O) groups excluding carboxylic acids is 1. The predicted molar refractivity (Wildman–Crippen MR) is 71.4 cm³/mol. The lowest BCUT2D eigenvalue weighted by atomic mass is 10.0. The number of hydrogen-bond donors (Lipinski definition) is 0. The van der Waals surface area contributed by atoms with Crippen LogP contribution in [0, 0.1) is 6.92 Å². The third kappa shape index (κ3) is 2.80. The van der Waals surface area contributed by atoms with E-state index in [1.165, 1.54) is 0 Å². The molecule has 0 fully saturated rings. The minimum absolute atomic E-state index is 0.0659. The van der Waals surface area contributed by atoms with E-state index in [1.54, 1.807) is 12.4 Å². The number of pyridine rings is 1. The maximum Gasteiger partial charge on any atom is 0.180 e. The van der Waals surface area contributed by atoms with Crippen molar-refractivity contribution < 1.29 is 4.79 Å². The molecule has 2 rings (SSSR count). The van der Waals surface area contributed by atoms with E-state index < -0.39 is 0 Å². The molecule has 0 saturated carbocycles. The Morgan fingerprint density at radius 3 is 2.29 bits per heavy atom. The number of alkyl halides is 1. The molecule has 0 amide bonds. The highest BCUT2D eigenvalue weighted by molar-refractivity contribution is 9.09. The van der Waals surface area contributed by atoms with Gasteiger partial charge in [0.2, 0.25) is 0 Å². The van der Waals surface area contributed by atoms with Gasteiger partial charge in [0.1, 0.15) is 4.83 Å². The molecule has 1 aromatic carbocycles. The van der Waals surface area contributed by atoms with Crippen molar-refractivity contribution in [2.24, 2.45) is 0 Å². The molecule has 17 heavy (non-hydrogen) atoms. The maximum absolute atomic E-state index is 12.2. The van der Waals surface area contributed by atoms with Crippen molar-refractivity contribution in [3.63, 3.8) is 0 Å². The SMILES string of the molecule is Cc1ccc(C(=O)[C@H](Br)c2ccncc2)cc1. The molecular weight excluding hydrogens is 278 g/mol. The highest BCUT2D eigenvalue weighted by Crippen LogP contribution is 2.26. The molecule has 0 N–H and O–H groups in total. The first-order chi connectivity index (χ1) is 8.18. The quantitative estimate of drug-likeness (QED) is 0.637. The molecule has 0 aliphatic heterocycles. The van der Waals surface area contributed by atoms with Gasteiger partial charge >= 0.3 is 0 Å². The van der Waals surface area contributed by atoms with Crippen LogP contribution in [0.15, 0.2) is 48.8 Å². The number of hydrogen-bond acceptors (Lipinski definition) is 2. The van der Waals surface area contributed by atoms with Crippen LogP contribution < -0.4 is 0 Å². The summed E-state index contributed by atoms with van der Waals surface area (Å²) in [6, 6.07) is 11.3. The largest absolute Gasteiger partial charge is 0.293 e. The average molecular weight is 290 g/mol. The first-order valence-electron chi connectivity index (χ1n) is 5.33. The fraction of sp³-hybridized carbons (Fsp3) is 0.143. The minimum atomic E-state index is -0.312. The van der Waals surface area contributed by atoms with E-state index in [2.05, 4.69) is 20.9 Å². The van der Waals surface area contributed by atoms with Crippen molar-refractivity contribution in [2.45, 2.75) is 11.8 Å². The van der Waals surface area contributed by atoms with Crippen molar-refractivity contribution in [1.29, 1.82) is 0 Å². The molecule has 2 nitrogen and oxygen atoms in total. The zero-order valence-electron chi connectivity index (χ0n) is 9.43. The molecule has 0 spiro atoms. The van der Waals surface area contributed by atoms with Gasteiger partial charge in [-0.3, -0.25) is 9.78 Å². The predicted octanol–water partition coefficient (Wildman–Crippen LogP) is 3.71. The fourth-order valence-electron chi connectivity index (χ4n) is 1.55. The van der Waals surface area contributed by atoms with Gasteiger partial charge in [-0.1, -0.05) is 45.8 Å². The van der Waals surface area contributed by atoms with E-state index in [0.29, 0.717) is 5.56 Å². The maximum atomic E-state index is 12.2. The van der Waals surface area contributed by atoms with Crippen LogP contribution in [0.2, 0.25) is 0 Å². The summed E-state index contributed by atoms with van der Waals surface area (Å²) in [7, 11) is 0. The van der Waals surface area contributed by atoms with Gasteiger partial charge in [-0.2, -0.15) is 0 Å². The molecule has 1 atom stereocenters. The second kappa shape index (κ2) is 5.23. The number of carbonyl (C=O) groups is 1. The van der Waals surface area contributed by atoms with Crippen LogP contribution in [0.3, 0.4) is 0 Å². The smallest absolute Gasteiger partial charge is 0.180 e. The average Bonchev–Trinajstić information content (AvgIpc) is 2.39. The molecule has 0 radical (unpaired) electrons. The van der Waals surface area contributed by atoms with Gasteiger partial charge in [0.05, 0.1) is 0 Å². The zero-order chi connectivity index (χ0) is 12.3. The van der Waals surface area contributed by atoms with E-state index >= 15 is 0 Å². The van der Waals surface area contributed by atoms with Crippen LogP contribution in [0.4, 0.5) is 0 Å². The summed E-state index contributed by atoms with van der Waals surface area (Å²) in [4.78, 5) is 15.8. The normalized spacial score (nSPS) is 12.1. The summed E-state index contributed by atoms with van der Waals surface area (Å²) in [5.74, 6) is 0.0659. The van der Waals surface area contributed by atoms with Gasteiger partial charge in [0, 0.05) is 18.0 Å². The fourth-order valence-corrected chi connectivity index (χ4v) is 2.12. The lowest BCUT2D eigenvalue weighted by molar-refractivity contribution is 0.0991. The summed E-state index contributed by atoms with van der Waals surface area (Å²) in [5.41, 5.74) is 2.79. The summed E-state index contributed by atoms with van der Waals surface area (Å²) < 4.78 is 0. The first kappa shape index (κ1) is 12.0. The molecule has 3 heteroatoms. The Morgan fingerprint density at radius 2 is 1.71 bits per heavy atom. The van der Waals surface area contributed by atoms with Gasteiger partial charge in [-0.15, -0.1) is 0 Å². The summed E-state index contributed by atoms with van der Waals surface area (Å²) in [5, 5.41) is 0. The van der Waals surface area contributed by atoms with Gasteiger partial charge in [0.25, 0.3) is 0 Å². The summed E-state index contributed by atoms with van der Waals surface area (Å²) >= 11 is 3.43. The van der Waals surface area contributed by atoms with Crippen LogP contribution in [0.1, 0.15) is 26.3 Å². The number of aromatic nitrogens is 1. The van der Waals surface area contributed by atoms with Crippen molar-refractivity contribution in [3.8, 4) is 0 Å². The molecule has 0 aliphatic rings. The zero-order valence-corrected chi connectivity index (χ0v) is 11.0. The number of Topliss-reactive ketones (excluding diaryl/α,β-unsaturated/α-hetero) is 1. The van der Waals surface area contributed by atoms with Crippen molar-refractivity contribution in [3.05, 3.63) is 65.5 Å². The molecule has 0 saturated heterocycles. The molecule has 0 bridgehead atoms. The summed E-state index contributed by atoms with van der Waals surface area (Å²) in [6.07, 6.45) is 3.37. The van der Waals surface area contributed by atoms with Crippen LogP contribution in [-0.4, -0.2) is 10.8 Å². The topological polar surface area (TPSA) is 30.0 Å². The van der Waals surface area contributed by atoms with Gasteiger partial charge in [0.15, 0.2) is 5.78 Å². The second-order valence-corrected chi connectivity index (χ2v) is 4.79. The molecule has 0 aliphatic carbocycles. The van der Waals surface area contributed by atoms with E-state index in [4.69, 9.17) is 0 Å². The third-order valence-electron chi connectivity index (χ3n) is 2.57. The monoisotopic (exact) mass is 289 g/mol. The van der Waals surface area contributed by atoms with Gasteiger partial charge < -0.3 is 0 Å². The number of benzene rings is 1. The number of halogens is 1. The molecule has 0 unspecified atom stereocenters.